The molecule has 3 heterocycles. The van der Waals surface area contributed by atoms with Gasteiger partial charge in [-0.3, -0.25) is 9.20 Å². The summed E-state index contributed by atoms with van der Waals surface area (Å²) in [6, 6.07) is 16.6. The van der Waals surface area contributed by atoms with Crippen molar-refractivity contribution < 1.29 is 9.53 Å². The van der Waals surface area contributed by atoms with Gasteiger partial charge >= 0.3 is 5.97 Å². The van der Waals surface area contributed by atoms with E-state index >= 15 is 0 Å². The van der Waals surface area contributed by atoms with Gasteiger partial charge in [0.1, 0.15) is 6.61 Å². The average molecular weight is 500 g/mol. The minimum Gasteiger partial charge on any atom is -0.456 e. The van der Waals surface area contributed by atoms with Crippen LogP contribution in [0.25, 0.3) is 27.5 Å². The zero-order valence-electron chi connectivity index (χ0n) is 18.4. The van der Waals surface area contributed by atoms with Crippen LogP contribution in [0.4, 0.5) is 0 Å². The number of hydrogen-bond donors (Lipinski definition) is 0. The van der Waals surface area contributed by atoms with E-state index in [9.17, 15) is 9.59 Å². The Morgan fingerprint density at radius 2 is 1.94 bits per heavy atom. The Hall–Kier alpha value is -3.81. The van der Waals surface area contributed by atoms with E-state index in [-0.39, 0.29) is 12.2 Å². The Labute approximate surface area is 209 Å². The topological polar surface area (TPSA) is 73.6 Å². The van der Waals surface area contributed by atoms with Gasteiger partial charge in [-0.25, -0.2) is 14.8 Å². The van der Waals surface area contributed by atoms with E-state index in [1.54, 1.807) is 11.6 Å². The van der Waals surface area contributed by atoms with Crippen molar-refractivity contribution in [1.29, 1.82) is 0 Å². The maximum absolute atomic E-state index is 13.4. The summed E-state index contributed by atoms with van der Waals surface area (Å²) < 4.78 is 7.15. The van der Waals surface area contributed by atoms with Crippen molar-refractivity contribution in [3.63, 3.8) is 0 Å². The van der Waals surface area contributed by atoms with E-state index in [4.69, 9.17) is 21.3 Å². The summed E-state index contributed by atoms with van der Waals surface area (Å²) in [5.74, 6) is -0.444. The molecule has 0 saturated carbocycles. The number of halogens is 1. The van der Waals surface area contributed by atoms with Crippen molar-refractivity contribution in [3.05, 3.63) is 110 Å². The third-order valence-electron chi connectivity index (χ3n) is 6.06. The molecule has 2 aromatic carbocycles. The number of nitrogens with zero attached hydrogens (tertiary/aromatic N) is 3. The van der Waals surface area contributed by atoms with E-state index in [1.165, 1.54) is 21.8 Å². The fourth-order valence-electron chi connectivity index (χ4n) is 4.45. The largest absolute Gasteiger partial charge is 0.456 e. The number of rotatable bonds is 4. The molecule has 6 nitrogen and oxygen atoms in total. The van der Waals surface area contributed by atoms with Crippen LogP contribution in [0.1, 0.15) is 39.3 Å². The second-order valence-electron chi connectivity index (χ2n) is 8.27. The van der Waals surface area contributed by atoms with E-state index in [0.717, 1.165) is 39.7 Å². The number of carbonyl (C=O) groups excluding carboxylic acids is 1. The first-order valence-corrected chi connectivity index (χ1v) is 12.3. The van der Waals surface area contributed by atoms with Crippen LogP contribution in [0.15, 0.2) is 71.0 Å². The number of para-hydroxylation sites is 1. The van der Waals surface area contributed by atoms with Crippen molar-refractivity contribution in [2.24, 2.45) is 0 Å². The van der Waals surface area contributed by atoms with Crippen molar-refractivity contribution in [2.75, 3.05) is 0 Å². The molecule has 0 spiro atoms. The number of thiazole rings is 1. The number of benzene rings is 2. The van der Waals surface area contributed by atoms with Crippen LogP contribution in [-0.2, 0) is 17.8 Å². The highest BCUT2D eigenvalue weighted by atomic mass is 35.5. The second kappa shape index (κ2) is 8.76. The number of ether oxygens (including phenoxy) is 1. The van der Waals surface area contributed by atoms with Gasteiger partial charge in [0, 0.05) is 28.1 Å². The minimum atomic E-state index is -0.444. The molecule has 1 aliphatic rings. The molecule has 0 amide bonds. The molecule has 0 radical (unpaired) electrons. The Kier molecular flexibility index (Phi) is 5.43. The lowest BCUT2D eigenvalue weighted by Gasteiger charge is -2.12. The quantitative estimate of drug-likeness (QED) is 0.292. The number of esters is 1. The van der Waals surface area contributed by atoms with Crippen LogP contribution >= 0.6 is 22.9 Å². The monoisotopic (exact) mass is 499 g/mol. The molecule has 6 rings (SSSR count). The summed E-state index contributed by atoms with van der Waals surface area (Å²) in [7, 11) is 0. The molecule has 5 aromatic rings. The smallest absolute Gasteiger partial charge is 0.339 e. The summed E-state index contributed by atoms with van der Waals surface area (Å²) in [6.45, 7) is -0.0820. The fraction of sp³-hybridized carbons (Fsp3) is 0.111. The van der Waals surface area contributed by atoms with E-state index < -0.39 is 5.97 Å². The van der Waals surface area contributed by atoms with Crippen LogP contribution in [0.3, 0.4) is 0 Å². The summed E-state index contributed by atoms with van der Waals surface area (Å²) in [5.41, 5.74) is 5.28. The third kappa shape index (κ3) is 4.03. The maximum Gasteiger partial charge on any atom is 0.339 e. The van der Waals surface area contributed by atoms with Crippen molar-refractivity contribution in [1.82, 2.24) is 14.4 Å². The Balaban J connectivity index is 1.37. The summed E-state index contributed by atoms with van der Waals surface area (Å²) in [5, 5.41) is 3.23. The highest BCUT2D eigenvalue weighted by Gasteiger charge is 2.27. The number of hydrogen-bond acceptors (Lipinski definition) is 6. The summed E-state index contributed by atoms with van der Waals surface area (Å²) >= 11 is 7.38. The van der Waals surface area contributed by atoms with E-state index in [1.807, 2.05) is 48.5 Å². The second-order valence-corrected chi connectivity index (χ2v) is 9.58. The highest BCUT2D eigenvalue weighted by molar-refractivity contribution is 7.15. The third-order valence-corrected chi connectivity index (χ3v) is 7.07. The van der Waals surface area contributed by atoms with Gasteiger partial charge in [-0.1, -0.05) is 41.9 Å². The number of fused-ring (bicyclic) bond motifs is 3. The first-order valence-electron chi connectivity index (χ1n) is 11.1. The van der Waals surface area contributed by atoms with Crippen molar-refractivity contribution in [3.8, 4) is 0 Å². The summed E-state index contributed by atoms with van der Waals surface area (Å²) in [4.78, 5) is 35.6. The molecule has 35 heavy (non-hydrogen) atoms. The molecule has 172 valence electrons. The Morgan fingerprint density at radius 1 is 1.11 bits per heavy atom. The minimum absolute atomic E-state index is 0.0820. The molecule has 0 N–H and O–H groups in total. The zero-order valence-corrected chi connectivity index (χ0v) is 20.0. The molecule has 8 heteroatoms. The van der Waals surface area contributed by atoms with Crippen LogP contribution in [-0.4, -0.2) is 20.3 Å². The number of carbonyl (C=O) groups is 1. The van der Waals surface area contributed by atoms with Gasteiger partial charge in [-0.05, 0) is 53.8 Å². The molecule has 3 aromatic heterocycles. The van der Waals surface area contributed by atoms with Crippen LogP contribution in [0.5, 0.6) is 0 Å². The van der Waals surface area contributed by atoms with Gasteiger partial charge in [-0.15, -0.1) is 11.3 Å². The predicted octanol–water partition coefficient (Wildman–Crippen LogP) is 5.80. The van der Waals surface area contributed by atoms with E-state index in [0.29, 0.717) is 27.7 Å². The number of allylic oxidation sites excluding steroid dienone is 1. The lowest BCUT2D eigenvalue weighted by atomic mass is 10.0. The highest BCUT2D eigenvalue weighted by Crippen LogP contribution is 2.38. The zero-order chi connectivity index (χ0) is 23.9. The average Bonchev–Trinajstić information content (AvgIpc) is 3.50. The van der Waals surface area contributed by atoms with Gasteiger partial charge in [0.2, 0.25) is 0 Å². The van der Waals surface area contributed by atoms with E-state index in [2.05, 4.69) is 11.1 Å². The fourth-order valence-corrected chi connectivity index (χ4v) is 5.31. The molecule has 0 atom stereocenters. The molecule has 1 aliphatic carbocycles. The number of aromatic nitrogens is 3. The first-order chi connectivity index (χ1) is 17.1. The molecule has 0 saturated heterocycles. The predicted molar refractivity (Wildman–Crippen MR) is 138 cm³/mol. The van der Waals surface area contributed by atoms with Crippen LogP contribution in [0.2, 0.25) is 5.02 Å². The van der Waals surface area contributed by atoms with Gasteiger partial charge < -0.3 is 4.74 Å². The molecule has 0 bridgehead atoms. The molecular weight excluding hydrogens is 482 g/mol. The lowest BCUT2D eigenvalue weighted by Crippen LogP contribution is -2.15. The molecule has 0 fully saturated rings. The first kappa shape index (κ1) is 21.7. The van der Waals surface area contributed by atoms with Gasteiger partial charge in [0.05, 0.1) is 22.5 Å². The molecule has 0 unspecified atom stereocenters. The molecular formula is C27H18ClN3O3S. The standard InChI is InChI=1S/C27H18ClN3O3S/c28-18-8-5-16(6-9-18)13-17-7-10-21-24(20-3-1-2-4-22(20)30-25(17)21)26(33)34-15-19-14-23(32)31-11-12-35-27(31)29-19/h1-6,8-9,11-14H,7,10,15H2/b17-13+. The van der Waals surface area contributed by atoms with Gasteiger partial charge in [0.15, 0.2) is 4.96 Å². The van der Waals surface area contributed by atoms with Crippen LogP contribution in [0, 0.1) is 0 Å². The van der Waals surface area contributed by atoms with Gasteiger partial charge in [0.25, 0.3) is 5.56 Å². The SMILES string of the molecule is O=C(OCc1cc(=O)n2ccsc2n1)c1c2c(nc3ccccc13)/C(=C/c1ccc(Cl)cc1)CC2. The Bertz CT molecular complexity index is 1700. The van der Waals surface area contributed by atoms with Crippen molar-refractivity contribution >= 4 is 56.4 Å². The number of pyridine rings is 1. The Morgan fingerprint density at radius 3 is 2.80 bits per heavy atom. The van der Waals surface area contributed by atoms with Crippen molar-refractivity contribution in [2.45, 2.75) is 19.4 Å². The molecule has 0 aliphatic heterocycles. The summed E-state index contributed by atoms with van der Waals surface area (Å²) in [6.07, 6.45) is 5.23. The van der Waals surface area contributed by atoms with Crippen LogP contribution < -0.4 is 5.56 Å². The maximum atomic E-state index is 13.4. The van der Waals surface area contributed by atoms with Gasteiger partial charge in [-0.2, -0.15) is 0 Å². The normalized spacial score (nSPS) is 14.0. The lowest BCUT2D eigenvalue weighted by molar-refractivity contribution is 0.0469.